The van der Waals surface area contributed by atoms with Gasteiger partial charge in [-0.1, -0.05) is 18.2 Å². The Labute approximate surface area is 127 Å². The van der Waals surface area contributed by atoms with E-state index in [0.29, 0.717) is 0 Å². The van der Waals surface area contributed by atoms with Crippen LogP contribution in [0.1, 0.15) is 12.6 Å². The lowest BCUT2D eigenvalue weighted by Gasteiger charge is -2.24. The van der Waals surface area contributed by atoms with Crippen molar-refractivity contribution in [1.29, 1.82) is 0 Å². The van der Waals surface area contributed by atoms with Crippen molar-refractivity contribution in [2.75, 3.05) is 13.7 Å². The number of halogens is 1. The van der Waals surface area contributed by atoms with Crippen molar-refractivity contribution in [3.63, 3.8) is 0 Å². The molecule has 108 valence electrons. The molecule has 0 radical (unpaired) electrons. The van der Waals surface area contributed by atoms with E-state index in [9.17, 15) is 4.79 Å². The molecule has 0 saturated heterocycles. The number of hydrogen-bond acceptors (Lipinski definition) is 2. The van der Waals surface area contributed by atoms with Crippen LogP contribution in [0.25, 0.3) is 10.9 Å². The highest BCUT2D eigenvalue weighted by atomic mass is 79.9. The molecule has 0 saturated carbocycles. The predicted molar refractivity (Wildman–Crippen MR) is 83.7 cm³/mol. The van der Waals surface area contributed by atoms with Gasteiger partial charge >= 0.3 is 0 Å². The second kappa shape index (κ2) is 5.97. The smallest absolute Gasteiger partial charge is 0.242 e. The highest BCUT2D eigenvalue weighted by Crippen LogP contribution is 2.30. The molecule has 0 aliphatic heterocycles. The van der Waals surface area contributed by atoms with Crippen LogP contribution in [0.5, 0.6) is 0 Å². The van der Waals surface area contributed by atoms with E-state index < -0.39 is 0 Å². The first-order valence-corrected chi connectivity index (χ1v) is 7.36. The summed E-state index contributed by atoms with van der Waals surface area (Å²) in [6, 6.07) is 7.82. The summed E-state index contributed by atoms with van der Waals surface area (Å²) in [6.07, 6.45) is 0. The van der Waals surface area contributed by atoms with Gasteiger partial charge in [0.15, 0.2) is 0 Å². The Kier molecular flexibility index (Phi) is 4.50. The van der Waals surface area contributed by atoms with Gasteiger partial charge in [0, 0.05) is 28.1 Å². The van der Waals surface area contributed by atoms with E-state index in [1.807, 2.05) is 42.7 Å². The summed E-state index contributed by atoms with van der Waals surface area (Å²) in [4.78, 5) is 13.9. The Morgan fingerprint density at radius 1 is 1.45 bits per heavy atom. The topological polar surface area (TPSA) is 45.5 Å². The van der Waals surface area contributed by atoms with Crippen LogP contribution in [0.3, 0.4) is 0 Å². The van der Waals surface area contributed by atoms with Gasteiger partial charge in [-0.05, 0) is 35.8 Å². The average molecular weight is 339 g/mol. The van der Waals surface area contributed by atoms with Gasteiger partial charge in [0.05, 0.1) is 12.6 Å². The summed E-state index contributed by atoms with van der Waals surface area (Å²) in [5.74, 6) is -0.0112. The lowest BCUT2D eigenvalue weighted by atomic mass is 10.2. The Morgan fingerprint density at radius 3 is 2.75 bits per heavy atom. The number of aliphatic hydroxyl groups is 1. The summed E-state index contributed by atoms with van der Waals surface area (Å²) in [5, 5.41) is 10.2. The SMILES string of the molecule is Cc1c(Br)c2ccccc2n1CC(=O)N(C)C(C)CO. The molecule has 4 nitrogen and oxygen atoms in total. The van der Waals surface area contributed by atoms with E-state index in [1.165, 1.54) is 0 Å². The number of benzene rings is 1. The molecule has 1 atom stereocenters. The van der Waals surface area contributed by atoms with Crippen LogP contribution >= 0.6 is 15.9 Å². The molecule has 0 fully saturated rings. The molecule has 1 aromatic carbocycles. The maximum absolute atomic E-state index is 12.3. The monoisotopic (exact) mass is 338 g/mol. The average Bonchev–Trinajstić information content (AvgIpc) is 2.71. The molecule has 2 rings (SSSR count). The van der Waals surface area contributed by atoms with E-state index in [4.69, 9.17) is 5.11 Å². The van der Waals surface area contributed by atoms with Crippen molar-refractivity contribution in [3.8, 4) is 0 Å². The quantitative estimate of drug-likeness (QED) is 0.931. The third kappa shape index (κ3) is 2.60. The first-order chi connectivity index (χ1) is 9.47. The summed E-state index contributed by atoms with van der Waals surface area (Å²) in [6.45, 7) is 4.07. The van der Waals surface area contributed by atoms with E-state index in [2.05, 4.69) is 15.9 Å². The molecule has 20 heavy (non-hydrogen) atoms. The van der Waals surface area contributed by atoms with Gasteiger partial charge < -0.3 is 14.6 Å². The van der Waals surface area contributed by atoms with Gasteiger partial charge in [-0.3, -0.25) is 4.79 Å². The summed E-state index contributed by atoms with van der Waals surface area (Å²) in [5.41, 5.74) is 2.07. The fraction of sp³-hybridized carbons (Fsp3) is 0.400. The van der Waals surface area contributed by atoms with Gasteiger partial charge in [0.2, 0.25) is 5.91 Å². The molecule has 0 aliphatic carbocycles. The van der Waals surface area contributed by atoms with Crippen molar-refractivity contribution < 1.29 is 9.90 Å². The number of aromatic nitrogens is 1. The Bertz CT molecular complexity index is 636. The maximum atomic E-state index is 12.3. The number of hydrogen-bond donors (Lipinski definition) is 1. The van der Waals surface area contributed by atoms with Crippen molar-refractivity contribution >= 4 is 32.7 Å². The summed E-state index contributed by atoms with van der Waals surface area (Å²) < 4.78 is 3.03. The van der Waals surface area contributed by atoms with Crippen LogP contribution in [0.15, 0.2) is 28.7 Å². The molecule has 0 aliphatic rings. The van der Waals surface area contributed by atoms with Crippen LogP contribution in [0.2, 0.25) is 0 Å². The van der Waals surface area contributed by atoms with E-state index in [-0.39, 0.29) is 25.1 Å². The van der Waals surface area contributed by atoms with Gasteiger partial charge in [-0.25, -0.2) is 0 Å². The number of fused-ring (bicyclic) bond motifs is 1. The second-order valence-corrected chi connectivity index (χ2v) is 5.83. The van der Waals surface area contributed by atoms with E-state index >= 15 is 0 Å². The predicted octanol–water partition coefficient (Wildman–Crippen LogP) is 2.55. The minimum atomic E-state index is -0.173. The van der Waals surface area contributed by atoms with Crippen molar-refractivity contribution in [2.24, 2.45) is 0 Å². The lowest BCUT2D eigenvalue weighted by Crippen LogP contribution is -2.39. The molecule has 5 heteroatoms. The Hall–Kier alpha value is -1.33. The highest BCUT2D eigenvalue weighted by molar-refractivity contribution is 9.10. The Balaban J connectivity index is 2.35. The third-order valence-corrected chi connectivity index (χ3v) is 4.77. The van der Waals surface area contributed by atoms with Gasteiger partial charge in [-0.2, -0.15) is 0 Å². The fourth-order valence-corrected chi connectivity index (χ4v) is 2.76. The zero-order chi connectivity index (χ0) is 14.9. The van der Waals surface area contributed by atoms with Crippen LogP contribution in [-0.4, -0.2) is 40.2 Å². The maximum Gasteiger partial charge on any atom is 0.242 e. The first-order valence-electron chi connectivity index (χ1n) is 6.57. The number of para-hydroxylation sites is 1. The van der Waals surface area contributed by atoms with Crippen LogP contribution in [-0.2, 0) is 11.3 Å². The van der Waals surface area contributed by atoms with Crippen LogP contribution in [0.4, 0.5) is 0 Å². The zero-order valence-corrected chi connectivity index (χ0v) is 13.5. The molecule has 1 unspecified atom stereocenters. The lowest BCUT2D eigenvalue weighted by molar-refractivity contribution is -0.133. The third-order valence-electron chi connectivity index (χ3n) is 3.77. The fourth-order valence-electron chi connectivity index (χ4n) is 2.21. The number of carbonyl (C=O) groups is 1. The molecule has 1 heterocycles. The largest absolute Gasteiger partial charge is 0.394 e. The number of amides is 1. The van der Waals surface area contributed by atoms with Crippen molar-refractivity contribution in [1.82, 2.24) is 9.47 Å². The Morgan fingerprint density at radius 2 is 2.10 bits per heavy atom. The molecule has 1 N–H and O–H groups in total. The summed E-state index contributed by atoms with van der Waals surface area (Å²) >= 11 is 3.59. The zero-order valence-electron chi connectivity index (χ0n) is 11.9. The molecule has 2 aromatic rings. The van der Waals surface area contributed by atoms with Crippen molar-refractivity contribution in [3.05, 3.63) is 34.4 Å². The van der Waals surface area contributed by atoms with Crippen LogP contribution in [0, 0.1) is 6.92 Å². The van der Waals surface area contributed by atoms with Gasteiger partial charge in [-0.15, -0.1) is 0 Å². The van der Waals surface area contributed by atoms with Crippen molar-refractivity contribution in [2.45, 2.75) is 26.4 Å². The molecule has 1 aromatic heterocycles. The molecule has 0 bridgehead atoms. The van der Waals surface area contributed by atoms with Crippen LogP contribution < -0.4 is 0 Å². The standard InChI is InChI=1S/C15H19BrN2O2/c1-10(9-19)17(3)14(20)8-18-11(2)15(16)12-6-4-5-7-13(12)18/h4-7,10,19H,8-9H2,1-3H3. The number of nitrogens with zero attached hydrogens (tertiary/aromatic N) is 2. The van der Waals surface area contributed by atoms with Gasteiger partial charge in [0.1, 0.15) is 6.54 Å². The minimum absolute atomic E-state index is 0.0112. The second-order valence-electron chi connectivity index (χ2n) is 5.04. The molecule has 0 spiro atoms. The number of carbonyl (C=O) groups excluding carboxylic acids is 1. The molecular formula is C15H19BrN2O2. The minimum Gasteiger partial charge on any atom is -0.394 e. The molecule has 1 amide bonds. The number of aliphatic hydroxyl groups excluding tert-OH is 1. The number of rotatable bonds is 4. The highest BCUT2D eigenvalue weighted by Gasteiger charge is 2.18. The van der Waals surface area contributed by atoms with E-state index in [1.54, 1.807) is 11.9 Å². The van der Waals surface area contributed by atoms with E-state index in [0.717, 1.165) is 21.1 Å². The summed E-state index contributed by atoms with van der Waals surface area (Å²) in [7, 11) is 1.72. The molecular weight excluding hydrogens is 320 g/mol. The normalized spacial score (nSPS) is 12.7. The van der Waals surface area contributed by atoms with Gasteiger partial charge in [0.25, 0.3) is 0 Å². The first kappa shape index (κ1) is 15.1. The number of likely N-dealkylation sites (N-methyl/N-ethyl adjacent to an activating group) is 1.